The first kappa shape index (κ1) is 21.6. The van der Waals surface area contributed by atoms with E-state index >= 15 is 4.39 Å². The number of amidine groups is 1. The topological polar surface area (TPSA) is 88.7 Å². The van der Waals surface area contributed by atoms with Crippen LogP contribution in [-0.2, 0) is 5.54 Å². The number of aromatic nitrogens is 2. The Morgan fingerprint density at radius 1 is 1.32 bits per heavy atom. The third-order valence-electron chi connectivity index (χ3n) is 5.63. The van der Waals surface area contributed by atoms with Crippen molar-refractivity contribution in [2.45, 2.75) is 32.4 Å². The number of anilines is 2. The lowest BCUT2D eigenvalue weighted by atomic mass is 9.81. The highest BCUT2D eigenvalue weighted by molar-refractivity contribution is 8.13. The Labute approximate surface area is 184 Å². The number of benzene rings is 1. The fourth-order valence-corrected chi connectivity index (χ4v) is 5.21. The van der Waals surface area contributed by atoms with Crippen LogP contribution in [0, 0.1) is 24.5 Å². The highest BCUT2D eigenvalue weighted by Crippen LogP contribution is 2.47. The van der Waals surface area contributed by atoms with E-state index in [1.54, 1.807) is 13.0 Å². The molecule has 7 nitrogen and oxygen atoms in total. The van der Waals surface area contributed by atoms with Crippen molar-refractivity contribution in [2.24, 2.45) is 16.6 Å². The van der Waals surface area contributed by atoms with Crippen molar-refractivity contribution in [3.05, 3.63) is 41.1 Å². The lowest BCUT2D eigenvalue weighted by Crippen LogP contribution is -2.40. The zero-order valence-corrected chi connectivity index (χ0v) is 18.8. The van der Waals surface area contributed by atoms with Crippen LogP contribution in [0.5, 0.6) is 5.88 Å². The molecule has 1 aromatic heterocycles. The van der Waals surface area contributed by atoms with E-state index in [4.69, 9.17) is 15.5 Å². The van der Waals surface area contributed by atoms with Crippen molar-refractivity contribution in [1.29, 1.82) is 0 Å². The molecule has 2 aliphatic rings. The number of aliphatic imine (C=N–C) groups is 1. The fourth-order valence-electron chi connectivity index (χ4n) is 4.23. The van der Waals surface area contributed by atoms with E-state index in [1.165, 1.54) is 24.9 Å². The number of methoxy groups -OCH3 is 1. The molecular weight excluding hydrogens is 422 g/mol. The Hall–Kier alpha value is -2.62. The fraction of sp³-hybridized carbons (Fsp3) is 0.476. The second-order valence-corrected chi connectivity index (χ2v) is 9.23. The van der Waals surface area contributed by atoms with Crippen LogP contribution in [-0.4, -0.2) is 47.1 Å². The molecule has 3 N–H and O–H groups in total. The van der Waals surface area contributed by atoms with Gasteiger partial charge in [-0.15, -0.1) is 0 Å². The number of ether oxygens (including phenoxy) is 1. The quantitative estimate of drug-likeness (QED) is 0.726. The van der Waals surface area contributed by atoms with Crippen LogP contribution in [0.3, 0.4) is 0 Å². The summed E-state index contributed by atoms with van der Waals surface area (Å²) in [6.45, 7) is 6.48. The summed E-state index contributed by atoms with van der Waals surface area (Å²) in [5, 5.41) is 3.75. The molecule has 0 spiro atoms. The van der Waals surface area contributed by atoms with Gasteiger partial charge in [-0.1, -0.05) is 11.8 Å². The van der Waals surface area contributed by atoms with E-state index in [-0.39, 0.29) is 29.4 Å². The molecule has 0 radical (unpaired) electrons. The molecule has 31 heavy (non-hydrogen) atoms. The van der Waals surface area contributed by atoms with Crippen molar-refractivity contribution >= 4 is 28.6 Å². The molecule has 1 fully saturated rings. The van der Waals surface area contributed by atoms with Crippen molar-refractivity contribution in [3.8, 4) is 5.88 Å². The van der Waals surface area contributed by atoms with E-state index < -0.39 is 11.4 Å². The molecular formula is C21H26F2N6OS. The molecule has 2 aliphatic heterocycles. The standard InChI is InChI=1S/C21H26F2N6OS/c1-11(2)25-14-5-6-16(22)15(7-14)21-10-29(8-13(21)9-31-19(24)28-21)20-26-12(3)17(23)18(27-20)30-4/h5-7,11,13,25H,8-10H2,1-4H3,(H2,24,28)/t13-,21-/m0/s1. The summed E-state index contributed by atoms with van der Waals surface area (Å²) >= 11 is 1.46. The molecule has 0 bridgehead atoms. The van der Waals surface area contributed by atoms with Crippen LogP contribution >= 0.6 is 11.8 Å². The van der Waals surface area contributed by atoms with E-state index in [0.29, 0.717) is 35.5 Å². The summed E-state index contributed by atoms with van der Waals surface area (Å²) in [5.41, 5.74) is 6.73. The normalized spacial score (nSPS) is 23.0. The molecule has 1 saturated heterocycles. The van der Waals surface area contributed by atoms with Gasteiger partial charge in [0.1, 0.15) is 11.4 Å². The number of fused-ring (bicyclic) bond motifs is 1. The summed E-state index contributed by atoms with van der Waals surface area (Å²) in [6.07, 6.45) is 0. The first-order valence-corrected chi connectivity index (χ1v) is 11.1. The van der Waals surface area contributed by atoms with Gasteiger partial charge in [0.25, 0.3) is 5.88 Å². The Kier molecular flexibility index (Phi) is 5.67. The van der Waals surface area contributed by atoms with Gasteiger partial charge in [0.15, 0.2) is 5.17 Å². The van der Waals surface area contributed by atoms with Crippen LogP contribution < -0.4 is 20.7 Å². The third-order valence-corrected chi connectivity index (χ3v) is 6.59. The van der Waals surface area contributed by atoms with Crippen LogP contribution in [0.4, 0.5) is 20.4 Å². The molecule has 0 amide bonds. The summed E-state index contributed by atoms with van der Waals surface area (Å²) < 4.78 is 34.4. The molecule has 10 heteroatoms. The Morgan fingerprint density at radius 3 is 2.81 bits per heavy atom. The summed E-state index contributed by atoms with van der Waals surface area (Å²) in [4.78, 5) is 15.2. The minimum atomic E-state index is -0.882. The Bertz CT molecular complexity index is 1030. The molecule has 3 heterocycles. The number of nitrogens with one attached hydrogen (secondary N) is 1. The second kappa shape index (κ2) is 8.14. The van der Waals surface area contributed by atoms with E-state index in [9.17, 15) is 4.39 Å². The van der Waals surface area contributed by atoms with Crippen LogP contribution in [0.2, 0.25) is 0 Å². The number of rotatable bonds is 5. The zero-order chi connectivity index (χ0) is 22.3. The minimum Gasteiger partial charge on any atom is -0.479 e. The molecule has 2 aromatic rings. The summed E-state index contributed by atoms with van der Waals surface area (Å²) in [7, 11) is 1.37. The smallest absolute Gasteiger partial charge is 0.255 e. The van der Waals surface area contributed by atoms with Gasteiger partial charge in [0, 0.05) is 35.5 Å². The van der Waals surface area contributed by atoms with Crippen molar-refractivity contribution < 1.29 is 13.5 Å². The SMILES string of the molecule is COc1nc(N2C[C@H]3CSC(N)=N[C@@]3(c3cc(NC(C)C)ccc3F)C2)nc(C)c1F. The van der Waals surface area contributed by atoms with Crippen molar-refractivity contribution in [2.75, 3.05) is 36.2 Å². The van der Waals surface area contributed by atoms with Gasteiger partial charge in [-0.25, -0.2) is 14.4 Å². The average Bonchev–Trinajstić information content (AvgIpc) is 3.10. The van der Waals surface area contributed by atoms with E-state index in [1.807, 2.05) is 24.8 Å². The maximum absolute atomic E-state index is 15.2. The van der Waals surface area contributed by atoms with Crippen LogP contribution in [0.1, 0.15) is 25.1 Å². The maximum atomic E-state index is 15.2. The number of nitrogens with zero attached hydrogens (tertiary/aromatic N) is 4. The van der Waals surface area contributed by atoms with Crippen LogP contribution in [0.25, 0.3) is 0 Å². The molecule has 0 unspecified atom stereocenters. The Balaban J connectivity index is 1.79. The molecule has 0 saturated carbocycles. The lowest BCUT2D eigenvalue weighted by molar-refractivity contribution is 0.364. The maximum Gasteiger partial charge on any atom is 0.255 e. The molecule has 2 atom stereocenters. The predicted molar refractivity (Wildman–Crippen MR) is 120 cm³/mol. The van der Waals surface area contributed by atoms with Gasteiger partial charge < -0.3 is 20.7 Å². The van der Waals surface area contributed by atoms with Crippen LogP contribution in [0.15, 0.2) is 23.2 Å². The van der Waals surface area contributed by atoms with Crippen molar-refractivity contribution in [1.82, 2.24) is 9.97 Å². The monoisotopic (exact) mass is 448 g/mol. The van der Waals surface area contributed by atoms with Gasteiger partial charge >= 0.3 is 0 Å². The highest BCUT2D eigenvalue weighted by atomic mass is 32.2. The lowest BCUT2D eigenvalue weighted by Gasteiger charge is -2.35. The Morgan fingerprint density at radius 2 is 2.10 bits per heavy atom. The summed E-state index contributed by atoms with van der Waals surface area (Å²) in [6, 6.07) is 5.20. The van der Waals surface area contributed by atoms with Gasteiger partial charge in [-0.3, -0.25) is 0 Å². The first-order chi connectivity index (χ1) is 14.7. The third kappa shape index (κ3) is 3.88. The van der Waals surface area contributed by atoms with Gasteiger partial charge in [-0.05, 0) is 39.0 Å². The zero-order valence-electron chi connectivity index (χ0n) is 17.9. The predicted octanol–water partition coefficient (Wildman–Crippen LogP) is 3.29. The number of aryl methyl sites for hydroxylation is 1. The minimum absolute atomic E-state index is 0.0199. The number of hydrogen-bond acceptors (Lipinski definition) is 8. The van der Waals surface area contributed by atoms with Crippen molar-refractivity contribution in [3.63, 3.8) is 0 Å². The number of thioether (sulfide) groups is 1. The molecule has 4 rings (SSSR count). The van der Waals surface area contributed by atoms with Gasteiger partial charge in [0.2, 0.25) is 11.8 Å². The number of nitrogens with two attached hydrogens (primary N) is 1. The number of halogens is 2. The largest absolute Gasteiger partial charge is 0.479 e. The van der Waals surface area contributed by atoms with Gasteiger partial charge in [0.05, 0.1) is 19.3 Å². The molecule has 166 valence electrons. The van der Waals surface area contributed by atoms with E-state index in [0.717, 1.165) is 5.69 Å². The first-order valence-electron chi connectivity index (χ1n) is 10.1. The second-order valence-electron chi connectivity index (χ2n) is 8.19. The average molecular weight is 449 g/mol. The molecule has 0 aliphatic carbocycles. The van der Waals surface area contributed by atoms with Gasteiger partial charge in [-0.2, -0.15) is 9.37 Å². The highest BCUT2D eigenvalue weighted by Gasteiger charge is 2.52. The summed E-state index contributed by atoms with van der Waals surface area (Å²) in [5.74, 6) is -0.0381. The molecule has 1 aromatic carbocycles. The number of hydrogen-bond donors (Lipinski definition) is 2. The van der Waals surface area contributed by atoms with E-state index in [2.05, 4.69) is 15.3 Å².